The van der Waals surface area contributed by atoms with Crippen molar-refractivity contribution in [2.45, 2.75) is 13.0 Å². The molecule has 1 saturated heterocycles. The van der Waals surface area contributed by atoms with Gasteiger partial charge in [-0.1, -0.05) is 23.9 Å². The summed E-state index contributed by atoms with van der Waals surface area (Å²) in [6.45, 7) is -1.45. The number of likely N-dealkylation sites (tertiary alicyclic amines) is 1. The smallest absolute Gasteiger partial charge is 0.387 e. The predicted molar refractivity (Wildman–Crippen MR) is 130 cm³/mol. The van der Waals surface area contributed by atoms with Gasteiger partial charge in [-0.15, -0.1) is 0 Å². The molecule has 7 nitrogen and oxygen atoms in total. The fourth-order valence-corrected chi connectivity index (χ4v) is 4.32. The SMILES string of the molecule is CN(C)c1ccc(/C=C2\N=C(SCC(=O)N3CCC3)N(c3ccc(OC(F)F)cc3)C2=O)cc1. The number of hydrogen-bond acceptors (Lipinski definition) is 6. The highest BCUT2D eigenvalue weighted by molar-refractivity contribution is 8.14. The molecule has 2 heterocycles. The number of aliphatic imine (C=N–C) groups is 1. The summed E-state index contributed by atoms with van der Waals surface area (Å²) in [5, 5.41) is 0.359. The minimum absolute atomic E-state index is 0.0104. The Morgan fingerprint density at radius 1 is 1.15 bits per heavy atom. The van der Waals surface area contributed by atoms with Crippen LogP contribution in [0.4, 0.5) is 20.2 Å². The number of carbonyl (C=O) groups excluding carboxylic acids is 2. The highest BCUT2D eigenvalue weighted by Gasteiger charge is 2.33. The molecule has 10 heteroatoms. The number of hydrogen-bond donors (Lipinski definition) is 0. The number of rotatable bonds is 7. The maximum absolute atomic E-state index is 13.3. The molecule has 2 amide bonds. The lowest BCUT2D eigenvalue weighted by atomic mass is 10.1. The van der Waals surface area contributed by atoms with Crippen LogP contribution >= 0.6 is 11.8 Å². The monoisotopic (exact) mass is 486 g/mol. The molecule has 0 saturated carbocycles. The van der Waals surface area contributed by atoms with Gasteiger partial charge >= 0.3 is 6.61 Å². The number of amides is 2. The van der Waals surface area contributed by atoms with Crippen LogP contribution in [0.1, 0.15) is 12.0 Å². The van der Waals surface area contributed by atoms with E-state index in [1.165, 1.54) is 40.9 Å². The van der Waals surface area contributed by atoms with E-state index >= 15 is 0 Å². The zero-order valence-electron chi connectivity index (χ0n) is 18.8. The summed E-state index contributed by atoms with van der Waals surface area (Å²) in [7, 11) is 3.89. The molecule has 0 bridgehead atoms. The standard InChI is InChI=1S/C24H24F2N4O3S/c1-28(2)17-6-4-16(5-7-17)14-20-22(32)30(18-8-10-19(11-9-18)33-23(25)26)24(27-20)34-15-21(31)29-12-3-13-29/h4-11,14,23H,3,12-13,15H2,1-2H3/b20-14-. The third-order valence-corrected chi connectivity index (χ3v) is 6.32. The van der Waals surface area contributed by atoms with Crippen LogP contribution in [0.2, 0.25) is 0 Å². The summed E-state index contributed by atoms with van der Waals surface area (Å²) >= 11 is 1.18. The topological polar surface area (TPSA) is 65.5 Å². The summed E-state index contributed by atoms with van der Waals surface area (Å²) in [5.74, 6) is -0.233. The van der Waals surface area contributed by atoms with Gasteiger partial charge in [-0.3, -0.25) is 14.5 Å². The van der Waals surface area contributed by atoms with E-state index in [9.17, 15) is 18.4 Å². The fourth-order valence-electron chi connectivity index (χ4n) is 3.41. The molecule has 4 rings (SSSR count). The lowest BCUT2D eigenvalue weighted by molar-refractivity contribution is -0.131. The molecule has 2 aliphatic heterocycles. The van der Waals surface area contributed by atoms with E-state index in [2.05, 4.69) is 9.73 Å². The van der Waals surface area contributed by atoms with Gasteiger partial charge in [-0.2, -0.15) is 8.78 Å². The van der Waals surface area contributed by atoms with Crippen LogP contribution in [0.5, 0.6) is 5.75 Å². The van der Waals surface area contributed by atoms with Crippen molar-refractivity contribution in [2.24, 2.45) is 4.99 Å². The van der Waals surface area contributed by atoms with Gasteiger partial charge in [0.2, 0.25) is 5.91 Å². The molecular weight excluding hydrogens is 462 g/mol. The number of benzene rings is 2. The summed E-state index contributed by atoms with van der Waals surface area (Å²) in [4.78, 5) is 35.3. The highest BCUT2D eigenvalue weighted by Crippen LogP contribution is 2.31. The largest absolute Gasteiger partial charge is 0.435 e. The molecule has 2 aliphatic rings. The number of ether oxygens (including phenoxy) is 1. The van der Waals surface area contributed by atoms with Crippen LogP contribution < -0.4 is 14.5 Å². The molecule has 0 radical (unpaired) electrons. The van der Waals surface area contributed by atoms with Gasteiger partial charge < -0.3 is 14.5 Å². The Bertz CT molecular complexity index is 1110. The lowest BCUT2D eigenvalue weighted by Crippen LogP contribution is -2.43. The summed E-state index contributed by atoms with van der Waals surface area (Å²) in [6.07, 6.45) is 2.68. The Labute approximate surface area is 200 Å². The van der Waals surface area contributed by atoms with Crippen LogP contribution in [-0.4, -0.2) is 61.4 Å². The van der Waals surface area contributed by atoms with E-state index in [0.717, 1.165) is 30.8 Å². The van der Waals surface area contributed by atoms with Crippen molar-refractivity contribution < 1.29 is 23.1 Å². The molecule has 0 spiro atoms. The Balaban J connectivity index is 1.59. The predicted octanol–water partition coefficient (Wildman–Crippen LogP) is 4.06. The van der Waals surface area contributed by atoms with Crippen molar-refractivity contribution in [1.82, 2.24) is 4.90 Å². The summed E-state index contributed by atoms with van der Waals surface area (Å²) < 4.78 is 29.4. The van der Waals surface area contributed by atoms with Crippen molar-refractivity contribution in [2.75, 3.05) is 42.7 Å². The first-order chi connectivity index (χ1) is 16.3. The Kier molecular flexibility index (Phi) is 7.16. The number of amidine groups is 1. The van der Waals surface area contributed by atoms with Gasteiger partial charge in [-0.25, -0.2) is 4.99 Å². The van der Waals surface area contributed by atoms with Crippen LogP contribution in [0, 0.1) is 0 Å². The number of carbonyl (C=O) groups is 2. The van der Waals surface area contributed by atoms with E-state index < -0.39 is 6.61 Å². The van der Waals surface area contributed by atoms with Crippen LogP contribution in [-0.2, 0) is 9.59 Å². The second-order valence-electron chi connectivity index (χ2n) is 7.95. The molecule has 2 aromatic rings. The van der Waals surface area contributed by atoms with Gasteiger partial charge in [0.15, 0.2) is 5.17 Å². The van der Waals surface area contributed by atoms with Crippen LogP contribution in [0.3, 0.4) is 0 Å². The van der Waals surface area contributed by atoms with Crippen LogP contribution in [0.25, 0.3) is 6.08 Å². The number of halogens is 2. The van der Waals surface area contributed by atoms with Gasteiger partial charge in [0.25, 0.3) is 5.91 Å². The highest BCUT2D eigenvalue weighted by atomic mass is 32.2. The van der Waals surface area contributed by atoms with E-state index in [1.54, 1.807) is 11.0 Å². The van der Waals surface area contributed by atoms with Gasteiger partial charge in [-0.05, 0) is 54.5 Å². The second-order valence-corrected chi connectivity index (χ2v) is 8.89. The number of alkyl halides is 2. The maximum Gasteiger partial charge on any atom is 0.387 e. The zero-order valence-corrected chi connectivity index (χ0v) is 19.6. The Morgan fingerprint density at radius 3 is 2.38 bits per heavy atom. The molecule has 178 valence electrons. The normalized spacial score (nSPS) is 16.7. The van der Waals surface area contributed by atoms with Crippen molar-refractivity contribution in [3.05, 3.63) is 59.8 Å². The number of nitrogens with zero attached hydrogens (tertiary/aromatic N) is 4. The van der Waals surface area contributed by atoms with Gasteiger partial charge in [0.1, 0.15) is 11.4 Å². The third kappa shape index (κ3) is 5.39. The summed E-state index contributed by atoms with van der Waals surface area (Å²) in [6, 6.07) is 13.4. The Hall–Kier alpha value is -3.40. The van der Waals surface area contributed by atoms with E-state index in [4.69, 9.17) is 0 Å². The van der Waals surface area contributed by atoms with Gasteiger partial charge in [0, 0.05) is 32.9 Å². The average Bonchev–Trinajstić information content (AvgIpc) is 3.06. The third-order valence-electron chi connectivity index (χ3n) is 5.40. The minimum atomic E-state index is -2.94. The van der Waals surface area contributed by atoms with Crippen molar-refractivity contribution >= 4 is 46.2 Å². The van der Waals surface area contributed by atoms with Crippen molar-refractivity contribution in [3.8, 4) is 5.75 Å². The van der Waals surface area contributed by atoms with Crippen molar-refractivity contribution in [1.29, 1.82) is 0 Å². The molecular formula is C24H24F2N4O3S. The minimum Gasteiger partial charge on any atom is -0.435 e. The number of thioether (sulfide) groups is 1. The molecule has 0 aromatic heterocycles. The van der Waals surface area contributed by atoms with E-state index in [0.29, 0.717) is 10.9 Å². The molecule has 2 aromatic carbocycles. The molecule has 0 aliphatic carbocycles. The quantitative estimate of drug-likeness (QED) is 0.553. The first kappa shape index (κ1) is 23.7. The molecule has 34 heavy (non-hydrogen) atoms. The molecule has 0 unspecified atom stereocenters. The summed E-state index contributed by atoms with van der Waals surface area (Å²) in [5.41, 5.74) is 2.50. The van der Waals surface area contributed by atoms with E-state index in [-0.39, 0.29) is 29.0 Å². The van der Waals surface area contributed by atoms with Crippen LogP contribution in [0.15, 0.2) is 59.2 Å². The van der Waals surface area contributed by atoms with E-state index in [1.807, 2.05) is 43.3 Å². The number of anilines is 2. The fraction of sp³-hybridized carbons (Fsp3) is 0.292. The second kappa shape index (κ2) is 10.3. The average molecular weight is 487 g/mol. The molecule has 0 atom stereocenters. The maximum atomic E-state index is 13.3. The lowest BCUT2D eigenvalue weighted by Gasteiger charge is -2.30. The molecule has 0 N–H and O–H groups in total. The Morgan fingerprint density at radius 2 is 1.82 bits per heavy atom. The first-order valence-corrected chi connectivity index (χ1v) is 11.7. The van der Waals surface area contributed by atoms with Crippen molar-refractivity contribution in [3.63, 3.8) is 0 Å². The van der Waals surface area contributed by atoms with Gasteiger partial charge in [0.05, 0.1) is 11.4 Å². The zero-order chi connectivity index (χ0) is 24.2. The molecule has 1 fully saturated rings. The first-order valence-electron chi connectivity index (χ1n) is 10.7.